The molecule has 0 unspecified atom stereocenters. The van der Waals surface area contributed by atoms with Gasteiger partial charge in [-0.05, 0) is 37.3 Å². The fourth-order valence-electron chi connectivity index (χ4n) is 2.32. The number of benzene rings is 1. The van der Waals surface area contributed by atoms with E-state index >= 15 is 0 Å². The Morgan fingerprint density at radius 3 is 3.00 bits per heavy atom. The Bertz CT molecular complexity index is 915. The summed E-state index contributed by atoms with van der Waals surface area (Å²) in [5, 5.41) is 3.22. The van der Waals surface area contributed by atoms with Gasteiger partial charge in [0.15, 0.2) is 6.61 Å². The van der Waals surface area contributed by atoms with Crippen LogP contribution in [0.1, 0.15) is 18.7 Å². The zero-order chi connectivity index (χ0) is 17.1. The maximum atomic E-state index is 12.1. The number of carbonyl (C=O) groups is 1. The van der Waals surface area contributed by atoms with Gasteiger partial charge in [-0.2, -0.15) is 0 Å². The minimum absolute atomic E-state index is 0.156. The number of aromatic nitrogens is 2. The second-order valence-corrected chi connectivity index (χ2v) is 5.43. The Hall–Kier alpha value is -3.09. The van der Waals surface area contributed by atoms with Crippen LogP contribution in [-0.2, 0) is 11.8 Å². The van der Waals surface area contributed by atoms with Crippen LogP contribution in [0.25, 0.3) is 10.9 Å². The number of amides is 1. The van der Waals surface area contributed by atoms with Gasteiger partial charge in [0.25, 0.3) is 11.5 Å². The molecule has 1 aromatic carbocycles. The highest BCUT2D eigenvalue weighted by Crippen LogP contribution is 2.17. The molecule has 7 heteroatoms. The number of rotatable bonds is 5. The number of ether oxygens (including phenoxy) is 1. The van der Waals surface area contributed by atoms with Crippen molar-refractivity contribution >= 4 is 16.8 Å². The Labute approximate surface area is 137 Å². The summed E-state index contributed by atoms with van der Waals surface area (Å²) in [6, 6.07) is 8.27. The van der Waals surface area contributed by atoms with Crippen LogP contribution < -0.4 is 15.6 Å². The first-order valence-electron chi connectivity index (χ1n) is 7.45. The van der Waals surface area contributed by atoms with Crippen molar-refractivity contribution in [2.45, 2.75) is 13.0 Å². The molecule has 1 atom stereocenters. The Kier molecular flexibility index (Phi) is 4.33. The van der Waals surface area contributed by atoms with Crippen molar-refractivity contribution in [3.05, 3.63) is 59.0 Å². The highest BCUT2D eigenvalue weighted by atomic mass is 16.5. The molecular weight excluding hydrogens is 310 g/mol. The van der Waals surface area contributed by atoms with E-state index in [0.717, 1.165) is 0 Å². The van der Waals surface area contributed by atoms with Crippen LogP contribution in [0.4, 0.5) is 0 Å². The van der Waals surface area contributed by atoms with Crippen LogP contribution in [0, 0.1) is 0 Å². The molecule has 0 spiro atoms. The summed E-state index contributed by atoms with van der Waals surface area (Å²) in [4.78, 5) is 28.2. The molecule has 0 saturated heterocycles. The molecule has 3 rings (SSSR count). The van der Waals surface area contributed by atoms with Gasteiger partial charge in [-0.15, -0.1) is 0 Å². The van der Waals surface area contributed by atoms with Crippen LogP contribution >= 0.6 is 0 Å². The molecule has 0 aliphatic rings. The summed E-state index contributed by atoms with van der Waals surface area (Å²) in [5.41, 5.74) is 0.419. The van der Waals surface area contributed by atoms with Crippen LogP contribution in [0.5, 0.6) is 5.75 Å². The quantitative estimate of drug-likeness (QED) is 0.772. The zero-order valence-corrected chi connectivity index (χ0v) is 13.4. The summed E-state index contributed by atoms with van der Waals surface area (Å²) in [6.45, 7) is 1.67. The number of furan rings is 1. The van der Waals surface area contributed by atoms with Crippen LogP contribution in [-0.4, -0.2) is 22.1 Å². The highest BCUT2D eigenvalue weighted by Gasteiger charge is 2.12. The molecule has 1 amide bonds. The van der Waals surface area contributed by atoms with E-state index < -0.39 is 0 Å². The predicted molar refractivity (Wildman–Crippen MR) is 87.7 cm³/mol. The lowest BCUT2D eigenvalue weighted by Gasteiger charge is -2.12. The third-order valence-electron chi connectivity index (χ3n) is 3.61. The molecule has 0 radical (unpaired) electrons. The third-order valence-corrected chi connectivity index (χ3v) is 3.61. The number of nitrogens with zero attached hydrogens (tertiary/aromatic N) is 2. The number of hydrogen-bond acceptors (Lipinski definition) is 5. The van der Waals surface area contributed by atoms with Crippen molar-refractivity contribution in [3.63, 3.8) is 0 Å². The average Bonchev–Trinajstić information content (AvgIpc) is 3.11. The van der Waals surface area contributed by atoms with Gasteiger partial charge >= 0.3 is 0 Å². The molecular formula is C17H17N3O4. The predicted octanol–water partition coefficient (Wildman–Crippen LogP) is 1.78. The zero-order valence-electron chi connectivity index (χ0n) is 13.4. The summed E-state index contributed by atoms with van der Waals surface area (Å²) in [7, 11) is 1.63. The number of fused-ring (bicyclic) bond motifs is 1. The minimum atomic E-state index is -0.280. The van der Waals surface area contributed by atoms with Gasteiger partial charge in [-0.3, -0.25) is 9.59 Å². The lowest BCUT2D eigenvalue weighted by molar-refractivity contribution is -0.123. The van der Waals surface area contributed by atoms with E-state index in [1.165, 1.54) is 10.9 Å². The van der Waals surface area contributed by atoms with Crippen molar-refractivity contribution in [3.8, 4) is 5.75 Å². The number of carbonyl (C=O) groups excluding carboxylic acids is 1. The maximum Gasteiger partial charge on any atom is 0.261 e. The number of nitrogens with one attached hydrogen (secondary N) is 1. The molecule has 124 valence electrons. The van der Waals surface area contributed by atoms with E-state index in [4.69, 9.17) is 9.15 Å². The topological polar surface area (TPSA) is 86.4 Å². The molecule has 2 heterocycles. The standard InChI is InChI=1S/C17H17N3O4/c1-11(15-4-3-7-23-15)19-16(21)9-24-12-5-6-14-13(8-12)17(22)20(2)10-18-14/h3-8,10-11H,9H2,1-2H3,(H,19,21)/t11-/m1/s1. The fraction of sp³-hybridized carbons (Fsp3) is 0.235. The van der Waals surface area contributed by atoms with Crippen LogP contribution in [0.15, 0.2) is 52.1 Å². The molecule has 3 aromatic rings. The molecule has 7 nitrogen and oxygen atoms in total. The monoisotopic (exact) mass is 327 g/mol. The van der Waals surface area contributed by atoms with E-state index in [-0.39, 0.29) is 24.1 Å². The van der Waals surface area contributed by atoms with E-state index in [0.29, 0.717) is 22.4 Å². The molecule has 1 N–H and O–H groups in total. The van der Waals surface area contributed by atoms with E-state index in [1.807, 2.05) is 6.92 Å². The largest absolute Gasteiger partial charge is 0.484 e. The lowest BCUT2D eigenvalue weighted by Crippen LogP contribution is -2.31. The molecule has 0 fully saturated rings. The minimum Gasteiger partial charge on any atom is -0.484 e. The SMILES string of the molecule is C[C@@H](NC(=O)COc1ccc2ncn(C)c(=O)c2c1)c1ccco1. The third kappa shape index (κ3) is 3.29. The van der Waals surface area contributed by atoms with E-state index in [9.17, 15) is 9.59 Å². The Balaban J connectivity index is 1.66. The fourth-order valence-corrected chi connectivity index (χ4v) is 2.32. The summed E-state index contributed by atoms with van der Waals surface area (Å²) in [5.74, 6) is 0.829. The summed E-state index contributed by atoms with van der Waals surface area (Å²) in [6.07, 6.45) is 3.02. The van der Waals surface area contributed by atoms with Crippen molar-refractivity contribution in [2.24, 2.45) is 7.05 Å². The number of hydrogen-bond donors (Lipinski definition) is 1. The van der Waals surface area contributed by atoms with Crippen molar-refractivity contribution in [1.29, 1.82) is 0 Å². The Morgan fingerprint density at radius 2 is 2.25 bits per heavy atom. The lowest BCUT2D eigenvalue weighted by atomic mass is 10.2. The maximum absolute atomic E-state index is 12.1. The first-order chi connectivity index (χ1) is 11.5. The molecule has 24 heavy (non-hydrogen) atoms. The van der Waals surface area contributed by atoms with Crippen molar-refractivity contribution < 1.29 is 13.9 Å². The number of aryl methyl sites for hydroxylation is 1. The van der Waals surface area contributed by atoms with Gasteiger partial charge in [-0.25, -0.2) is 4.98 Å². The van der Waals surface area contributed by atoms with Gasteiger partial charge in [-0.1, -0.05) is 0 Å². The normalized spacial score (nSPS) is 12.1. The first-order valence-corrected chi connectivity index (χ1v) is 7.45. The highest BCUT2D eigenvalue weighted by molar-refractivity contribution is 5.80. The van der Waals surface area contributed by atoms with E-state index in [2.05, 4.69) is 10.3 Å². The van der Waals surface area contributed by atoms with E-state index in [1.54, 1.807) is 43.6 Å². The van der Waals surface area contributed by atoms with Gasteiger partial charge in [0.2, 0.25) is 0 Å². The van der Waals surface area contributed by atoms with Crippen LogP contribution in [0.2, 0.25) is 0 Å². The van der Waals surface area contributed by atoms with Gasteiger partial charge < -0.3 is 19.0 Å². The second-order valence-electron chi connectivity index (χ2n) is 5.43. The molecule has 0 aliphatic heterocycles. The second kappa shape index (κ2) is 6.57. The van der Waals surface area contributed by atoms with Crippen molar-refractivity contribution in [1.82, 2.24) is 14.9 Å². The van der Waals surface area contributed by atoms with Gasteiger partial charge in [0.1, 0.15) is 11.5 Å². The van der Waals surface area contributed by atoms with Crippen LogP contribution in [0.3, 0.4) is 0 Å². The van der Waals surface area contributed by atoms with Gasteiger partial charge in [0.05, 0.1) is 29.5 Å². The first kappa shape index (κ1) is 15.8. The molecule has 0 bridgehead atoms. The average molecular weight is 327 g/mol. The van der Waals surface area contributed by atoms with Gasteiger partial charge in [0, 0.05) is 7.05 Å². The van der Waals surface area contributed by atoms with Crippen molar-refractivity contribution in [2.75, 3.05) is 6.61 Å². The smallest absolute Gasteiger partial charge is 0.261 e. The Morgan fingerprint density at radius 1 is 1.42 bits per heavy atom. The summed E-state index contributed by atoms with van der Waals surface area (Å²) >= 11 is 0. The molecule has 0 saturated carbocycles. The molecule has 0 aliphatic carbocycles. The summed E-state index contributed by atoms with van der Waals surface area (Å²) < 4.78 is 12.1. The molecule has 2 aromatic heterocycles.